The largest absolute Gasteiger partial charge is 0.496 e. The van der Waals surface area contributed by atoms with Gasteiger partial charge in [0.1, 0.15) is 11.8 Å². The molecule has 7 heteroatoms. The molecule has 2 aromatic rings. The zero-order valence-corrected chi connectivity index (χ0v) is 24.2. The molecule has 0 aliphatic carbocycles. The molecule has 7 nitrogen and oxygen atoms in total. The lowest BCUT2D eigenvalue weighted by molar-refractivity contribution is -0.138. The average Bonchev–Trinajstić information content (AvgIpc) is 3.14. The third kappa shape index (κ3) is 8.20. The number of amides is 2. The third-order valence-corrected chi connectivity index (χ3v) is 6.23. The molecule has 1 aromatic carbocycles. The number of carbonyl (C=O) groups excluding carboxylic acids is 2. The molecule has 0 radical (unpaired) electrons. The molecule has 0 N–H and O–H groups in total. The maximum Gasteiger partial charge on any atom is 0.254 e. The van der Waals surface area contributed by atoms with E-state index in [9.17, 15) is 9.59 Å². The zero-order valence-electron chi connectivity index (χ0n) is 24.2. The summed E-state index contributed by atoms with van der Waals surface area (Å²) in [5.41, 5.74) is 2.98. The highest BCUT2D eigenvalue weighted by atomic mass is 16.5. The van der Waals surface area contributed by atoms with Crippen LogP contribution in [0.25, 0.3) is 6.08 Å². The van der Waals surface area contributed by atoms with Gasteiger partial charge in [-0.1, -0.05) is 54.2 Å². The van der Waals surface area contributed by atoms with E-state index in [1.54, 1.807) is 41.0 Å². The van der Waals surface area contributed by atoms with E-state index in [-0.39, 0.29) is 24.3 Å². The van der Waals surface area contributed by atoms with Gasteiger partial charge >= 0.3 is 0 Å². The van der Waals surface area contributed by atoms with Gasteiger partial charge in [-0.2, -0.15) is 5.10 Å². The summed E-state index contributed by atoms with van der Waals surface area (Å²) < 4.78 is 7.21. The lowest BCUT2D eigenvalue weighted by Gasteiger charge is -2.37. The van der Waals surface area contributed by atoms with E-state index in [0.717, 1.165) is 17.0 Å². The van der Waals surface area contributed by atoms with Gasteiger partial charge in [0.25, 0.3) is 5.91 Å². The Morgan fingerprint density at radius 1 is 1.05 bits per heavy atom. The van der Waals surface area contributed by atoms with E-state index < -0.39 is 6.04 Å². The number of benzene rings is 1. The molecule has 1 atom stereocenters. The second-order valence-electron chi connectivity index (χ2n) is 11.2. The zero-order chi connectivity index (χ0) is 27.9. The van der Waals surface area contributed by atoms with Crippen molar-refractivity contribution in [3.63, 3.8) is 0 Å². The predicted octanol–water partition coefficient (Wildman–Crippen LogP) is 5.58. The molecule has 1 heterocycles. The number of hydrogen-bond donors (Lipinski definition) is 0. The van der Waals surface area contributed by atoms with Crippen LogP contribution >= 0.6 is 0 Å². The molecule has 2 rings (SSSR count). The lowest BCUT2D eigenvalue weighted by atomic mass is 9.98. The first kappa shape index (κ1) is 30.1. The first-order chi connectivity index (χ1) is 17.4. The Kier molecular flexibility index (Phi) is 11.0. The topological polar surface area (TPSA) is 67.7 Å². The summed E-state index contributed by atoms with van der Waals surface area (Å²) in [6.45, 7) is 20.1. The predicted molar refractivity (Wildman–Crippen MR) is 150 cm³/mol. The number of aryl methyl sites for hydroxylation is 2. The van der Waals surface area contributed by atoms with Gasteiger partial charge in [0, 0.05) is 31.3 Å². The van der Waals surface area contributed by atoms with Crippen molar-refractivity contribution in [3.05, 3.63) is 53.4 Å². The minimum absolute atomic E-state index is 0.000737. The molecular weight excluding hydrogens is 464 g/mol. The van der Waals surface area contributed by atoms with E-state index in [4.69, 9.17) is 4.74 Å². The Balaban J connectivity index is 2.63. The standard InChI is InChI=1S/C30H46N4O3/c1-11-24-16-25(12-13-28(24)37-10)29(35)34(19-26-15-23(8)31-32(26)9)27(14-20(2)3)30(36)33(17-21(4)5)18-22(6)7/h11-13,15-16,20-22,27H,1,14,17-19H2,2-10H3. The first-order valence-corrected chi connectivity index (χ1v) is 13.3. The Morgan fingerprint density at radius 3 is 2.14 bits per heavy atom. The molecule has 2 amide bonds. The second kappa shape index (κ2) is 13.5. The summed E-state index contributed by atoms with van der Waals surface area (Å²) in [7, 11) is 3.47. The fourth-order valence-electron chi connectivity index (χ4n) is 4.66. The molecule has 0 aliphatic rings. The molecule has 0 spiro atoms. The van der Waals surface area contributed by atoms with Crippen molar-refractivity contribution in [2.75, 3.05) is 20.2 Å². The van der Waals surface area contributed by atoms with Crippen molar-refractivity contribution < 1.29 is 14.3 Å². The first-order valence-electron chi connectivity index (χ1n) is 13.3. The molecular formula is C30H46N4O3. The van der Waals surface area contributed by atoms with Crippen molar-refractivity contribution in [3.8, 4) is 5.75 Å². The van der Waals surface area contributed by atoms with Gasteiger partial charge in [0.05, 0.1) is 25.0 Å². The van der Waals surface area contributed by atoms with Crippen LogP contribution in [0.4, 0.5) is 0 Å². The highest BCUT2D eigenvalue weighted by molar-refractivity contribution is 5.98. The van der Waals surface area contributed by atoms with E-state index in [2.05, 4.69) is 53.2 Å². The smallest absolute Gasteiger partial charge is 0.254 e. The average molecular weight is 511 g/mol. The summed E-state index contributed by atoms with van der Waals surface area (Å²) in [6.07, 6.45) is 2.24. The molecule has 1 aromatic heterocycles. The minimum atomic E-state index is -0.602. The molecule has 0 bridgehead atoms. The van der Waals surface area contributed by atoms with Crippen molar-refractivity contribution in [1.82, 2.24) is 19.6 Å². The summed E-state index contributed by atoms with van der Waals surface area (Å²) >= 11 is 0. The Morgan fingerprint density at radius 2 is 1.68 bits per heavy atom. The van der Waals surface area contributed by atoms with Crippen molar-refractivity contribution in [2.24, 2.45) is 24.8 Å². The van der Waals surface area contributed by atoms with E-state index in [1.807, 2.05) is 24.9 Å². The van der Waals surface area contributed by atoms with Crippen LogP contribution in [0.5, 0.6) is 5.75 Å². The van der Waals surface area contributed by atoms with Gasteiger partial charge in [-0.05, 0) is 55.4 Å². The number of nitrogens with zero attached hydrogens (tertiary/aromatic N) is 4. The Bertz CT molecular complexity index is 1060. The highest BCUT2D eigenvalue weighted by Crippen LogP contribution is 2.25. The SMILES string of the molecule is C=Cc1cc(C(=O)N(Cc2cc(C)nn2C)C(CC(C)C)C(=O)N(CC(C)C)CC(C)C)ccc1OC. The van der Waals surface area contributed by atoms with E-state index in [0.29, 0.717) is 42.7 Å². The molecule has 0 aliphatic heterocycles. The maximum atomic E-state index is 14.2. The van der Waals surface area contributed by atoms with Gasteiger partial charge in [0.15, 0.2) is 0 Å². The van der Waals surface area contributed by atoms with Gasteiger partial charge in [-0.25, -0.2) is 0 Å². The van der Waals surface area contributed by atoms with Crippen molar-refractivity contribution >= 4 is 17.9 Å². The summed E-state index contributed by atoms with van der Waals surface area (Å²) in [5, 5.41) is 4.48. The molecule has 0 saturated carbocycles. The number of aromatic nitrogens is 2. The summed E-state index contributed by atoms with van der Waals surface area (Å²) in [6, 6.07) is 6.69. The van der Waals surface area contributed by atoms with Crippen molar-refractivity contribution in [2.45, 2.75) is 67.5 Å². The van der Waals surface area contributed by atoms with Gasteiger partial charge in [0.2, 0.25) is 5.91 Å². The van der Waals surface area contributed by atoms with Crippen LogP contribution in [-0.4, -0.2) is 57.6 Å². The fraction of sp³-hybridized carbons (Fsp3) is 0.567. The summed E-state index contributed by atoms with van der Waals surface area (Å²) in [4.78, 5) is 32.1. The second-order valence-corrected chi connectivity index (χ2v) is 11.2. The number of rotatable bonds is 13. The Hall–Kier alpha value is -3.09. The van der Waals surface area contributed by atoms with Gasteiger partial charge in [-0.15, -0.1) is 0 Å². The van der Waals surface area contributed by atoms with E-state index >= 15 is 0 Å². The van der Waals surface area contributed by atoms with Crippen LogP contribution in [0.3, 0.4) is 0 Å². The Labute approximate surface area is 223 Å². The van der Waals surface area contributed by atoms with E-state index in [1.165, 1.54) is 0 Å². The number of carbonyl (C=O) groups is 2. The van der Waals surface area contributed by atoms with Crippen LogP contribution in [0.2, 0.25) is 0 Å². The van der Waals surface area contributed by atoms with Crippen LogP contribution in [0.1, 0.15) is 75.3 Å². The lowest BCUT2D eigenvalue weighted by Crippen LogP contribution is -2.52. The van der Waals surface area contributed by atoms with Crippen LogP contribution < -0.4 is 4.74 Å². The number of methoxy groups -OCH3 is 1. The quantitative estimate of drug-likeness (QED) is 0.353. The monoisotopic (exact) mass is 510 g/mol. The van der Waals surface area contributed by atoms with Crippen molar-refractivity contribution in [1.29, 1.82) is 0 Å². The molecule has 37 heavy (non-hydrogen) atoms. The molecule has 1 unspecified atom stereocenters. The van der Waals surface area contributed by atoms with Gasteiger partial charge < -0.3 is 14.5 Å². The summed E-state index contributed by atoms with van der Waals surface area (Å²) in [5.74, 6) is 1.32. The molecule has 204 valence electrons. The minimum Gasteiger partial charge on any atom is -0.496 e. The molecule has 0 saturated heterocycles. The fourth-order valence-corrected chi connectivity index (χ4v) is 4.66. The van der Waals surface area contributed by atoms with Crippen LogP contribution in [0.15, 0.2) is 30.8 Å². The third-order valence-electron chi connectivity index (χ3n) is 6.23. The normalized spacial score (nSPS) is 12.2. The van der Waals surface area contributed by atoms with Crippen LogP contribution in [-0.2, 0) is 18.4 Å². The van der Waals surface area contributed by atoms with Gasteiger partial charge in [-0.3, -0.25) is 14.3 Å². The number of hydrogen-bond acceptors (Lipinski definition) is 4. The van der Waals surface area contributed by atoms with Crippen LogP contribution in [0, 0.1) is 24.7 Å². The molecule has 0 fully saturated rings. The highest BCUT2D eigenvalue weighted by Gasteiger charge is 2.35. The maximum absolute atomic E-state index is 14.2. The number of ether oxygens (including phenoxy) is 1.